The number of hydrogen-bond acceptors (Lipinski definition) is 3. The third-order valence-electron chi connectivity index (χ3n) is 4.85. The molecule has 1 aliphatic rings. The molecule has 0 aromatic carbocycles. The van der Waals surface area contributed by atoms with Gasteiger partial charge in [-0.15, -0.1) is 0 Å². The molecule has 1 heterocycles. The van der Waals surface area contributed by atoms with Crippen molar-refractivity contribution in [3.63, 3.8) is 0 Å². The number of esters is 2. The first kappa shape index (κ1) is 16.2. The van der Waals surface area contributed by atoms with Gasteiger partial charge in [-0.25, -0.2) is 0 Å². The van der Waals surface area contributed by atoms with Crippen molar-refractivity contribution >= 4 is 11.9 Å². The van der Waals surface area contributed by atoms with Crippen LogP contribution in [-0.2, 0) is 14.3 Å². The third-order valence-corrected chi connectivity index (χ3v) is 4.85. The van der Waals surface area contributed by atoms with E-state index in [4.69, 9.17) is 4.74 Å². The van der Waals surface area contributed by atoms with Gasteiger partial charge in [-0.1, -0.05) is 55.4 Å². The van der Waals surface area contributed by atoms with Gasteiger partial charge in [0.2, 0.25) is 0 Å². The summed E-state index contributed by atoms with van der Waals surface area (Å²) in [4.78, 5) is 23.9. The summed E-state index contributed by atoms with van der Waals surface area (Å²) in [5.41, 5.74) is -0.214. The van der Waals surface area contributed by atoms with Gasteiger partial charge >= 0.3 is 11.9 Å². The molecule has 0 saturated carbocycles. The summed E-state index contributed by atoms with van der Waals surface area (Å²) in [6, 6.07) is 0. The predicted molar refractivity (Wildman–Crippen MR) is 75.4 cm³/mol. The minimum absolute atomic E-state index is 0.0369. The summed E-state index contributed by atoms with van der Waals surface area (Å²) < 4.78 is 4.89. The zero-order valence-electron chi connectivity index (χ0n) is 13.6. The van der Waals surface area contributed by atoms with Crippen LogP contribution in [0, 0.1) is 28.1 Å². The first-order valence-corrected chi connectivity index (χ1v) is 7.03. The maximum atomic E-state index is 12.0. The van der Waals surface area contributed by atoms with Crippen LogP contribution in [0.5, 0.6) is 0 Å². The summed E-state index contributed by atoms with van der Waals surface area (Å²) >= 11 is 0. The lowest BCUT2D eigenvalue weighted by atomic mass is 9.61. The Morgan fingerprint density at radius 3 is 1.74 bits per heavy atom. The Bertz CT molecular complexity index is 380. The maximum absolute atomic E-state index is 12.0. The van der Waals surface area contributed by atoms with Crippen molar-refractivity contribution in [2.45, 2.75) is 61.8 Å². The van der Waals surface area contributed by atoms with Gasteiger partial charge in [-0.2, -0.15) is 0 Å². The second-order valence-corrected chi connectivity index (χ2v) is 8.53. The highest BCUT2D eigenvalue weighted by Crippen LogP contribution is 2.48. The van der Waals surface area contributed by atoms with Crippen molar-refractivity contribution in [3.05, 3.63) is 0 Å². The van der Waals surface area contributed by atoms with Gasteiger partial charge in [-0.3, -0.25) is 9.59 Å². The number of carbonyl (C=O) groups is 2. The topological polar surface area (TPSA) is 43.4 Å². The van der Waals surface area contributed by atoms with E-state index in [0.717, 1.165) is 0 Å². The minimum atomic E-state index is -0.354. The zero-order valence-corrected chi connectivity index (χ0v) is 13.6. The fourth-order valence-electron chi connectivity index (χ4n) is 2.55. The summed E-state index contributed by atoms with van der Waals surface area (Å²) in [6.07, 6.45) is 0.684. The second kappa shape index (κ2) is 4.60. The quantitative estimate of drug-likeness (QED) is 0.565. The van der Waals surface area contributed by atoms with E-state index in [9.17, 15) is 9.59 Å². The van der Waals surface area contributed by atoms with Crippen LogP contribution in [0.3, 0.4) is 0 Å². The molecule has 2 atom stereocenters. The maximum Gasteiger partial charge on any atom is 0.318 e. The van der Waals surface area contributed by atoms with Gasteiger partial charge in [0.25, 0.3) is 0 Å². The summed E-state index contributed by atoms with van der Waals surface area (Å²) in [6.45, 7) is 16.8. The average Bonchev–Trinajstić information content (AvgIpc) is 2.37. The molecule has 2 unspecified atom stereocenters. The van der Waals surface area contributed by atoms with Crippen molar-refractivity contribution in [2.75, 3.05) is 0 Å². The Morgan fingerprint density at radius 1 is 0.895 bits per heavy atom. The van der Waals surface area contributed by atoms with Crippen molar-refractivity contribution in [1.82, 2.24) is 0 Å². The largest absolute Gasteiger partial charge is 0.393 e. The molecule has 3 heteroatoms. The fourth-order valence-corrected chi connectivity index (χ4v) is 2.55. The molecule has 110 valence electrons. The van der Waals surface area contributed by atoms with Crippen LogP contribution in [0.4, 0.5) is 0 Å². The first-order chi connectivity index (χ1) is 8.27. The van der Waals surface area contributed by atoms with Crippen LogP contribution < -0.4 is 0 Å². The molecule has 1 rings (SSSR count). The van der Waals surface area contributed by atoms with Crippen LogP contribution >= 0.6 is 0 Å². The summed E-state index contributed by atoms with van der Waals surface area (Å²) in [5, 5.41) is 0. The van der Waals surface area contributed by atoms with E-state index in [2.05, 4.69) is 34.6 Å². The molecule has 1 saturated heterocycles. The smallest absolute Gasteiger partial charge is 0.318 e. The van der Waals surface area contributed by atoms with Crippen LogP contribution in [-0.4, -0.2) is 11.9 Å². The minimum Gasteiger partial charge on any atom is -0.393 e. The Labute approximate surface area is 117 Å². The van der Waals surface area contributed by atoms with E-state index in [-0.39, 0.29) is 40.0 Å². The number of ether oxygens (including phenoxy) is 1. The van der Waals surface area contributed by atoms with Crippen LogP contribution in [0.15, 0.2) is 0 Å². The molecule has 0 bridgehead atoms. The van der Waals surface area contributed by atoms with E-state index < -0.39 is 0 Å². The van der Waals surface area contributed by atoms with Gasteiger partial charge in [0.05, 0.1) is 11.8 Å². The van der Waals surface area contributed by atoms with Gasteiger partial charge < -0.3 is 4.74 Å². The molecule has 0 aromatic rings. The average molecular weight is 268 g/mol. The van der Waals surface area contributed by atoms with E-state index in [0.29, 0.717) is 6.42 Å². The molecule has 19 heavy (non-hydrogen) atoms. The highest BCUT2D eigenvalue weighted by atomic mass is 16.6. The molecule has 3 nitrogen and oxygen atoms in total. The normalized spacial score (nSPS) is 25.7. The Hall–Kier alpha value is -0.860. The van der Waals surface area contributed by atoms with Crippen molar-refractivity contribution in [3.8, 4) is 0 Å². The molecule has 0 spiro atoms. The lowest BCUT2D eigenvalue weighted by molar-refractivity contribution is -0.154. The van der Waals surface area contributed by atoms with Crippen LogP contribution in [0.1, 0.15) is 61.8 Å². The standard InChI is InChI=1S/C16H28O3/c1-14(2,3)11-10(12(17)19-13(11)18)9-16(7,8)15(4,5)6/h10-11H,9H2,1-8H3. The third kappa shape index (κ3) is 3.18. The van der Waals surface area contributed by atoms with Crippen molar-refractivity contribution < 1.29 is 14.3 Å². The van der Waals surface area contributed by atoms with E-state index >= 15 is 0 Å². The van der Waals surface area contributed by atoms with Crippen LogP contribution in [0.2, 0.25) is 0 Å². The number of rotatable bonds is 2. The van der Waals surface area contributed by atoms with Gasteiger partial charge in [0, 0.05) is 0 Å². The van der Waals surface area contributed by atoms with E-state index in [1.165, 1.54) is 0 Å². The molecule has 0 radical (unpaired) electrons. The second-order valence-electron chi connectivity index (χ2n) is 8.53. The summed E-state index contributed by atoms with van der Waals surface area (Å²) in [5.74, 6) is -1.35. The van der Waals surface area contributed by atoms with Crippen LogP contribution in [0.25, 0.3) is 0 Å². The Kier molecular flexibility index (Phi) is 3.92. The van der Waals surface area contributed by atoms with Crippen molar-refractivity contribution in [2.24, 2.45) is 28.1 Å². The van der Waals surface area contributed by atoms with Gasteiger partial charge in [0.15, 0.2) is 0 Å². The van der Waals surface area contributed by atoms with E-state index in [1.54, 1.807) is 0 Å². The molecular formula is C16H28O3. The Morgan fingerprint density at radius 2 is 1.37 bits per heavy atom. The molecule has 0 amide bonds. The predicted octanol–water partition coefficient (Wildman–Crippen LogP) is 3.81. The summed E-state index contributed by atoms with van der Waals surface area (Å²) in [7, 11) is 0. The number of cyclic esters (lactones) is 2. The van der Waals surface area contributed by atoms with Crippen molar-refractivity contribution in [1.29, 1.82) is 0 Å². The zero-order chi connectivity index (χ0) is 15.2. The molecule has 0 aliphatic carbocycles. The Balaban J connectivity index is 3.04. The number of hydrogen-bond donors (Lipinski definition) is 0. The molecule has 0 aromatic heterocycles. The molecular weight excluding hydrogens is 240 g/mol. The highest BCUT2D eigenvalue weighted by molar-refractivity contribution is 5.96. The molecule has 0 N–H and O–H groups in total. The first-order valence-electron chi connectivity index (χ1n) is 7.03. The molecule has 1 fully saturated rings. The highest BCUT2D eigenvalue weighted by Gasteiger charge is 2.52. The molecule has 1 aliphatic heterocycles. The number of carbonyl (C=O) groups excluding carboxylic acids is 2. The van der Waals surface area contributed by atoms with Gasteiger partial charge in [0.1, 0.15) is 0 Å². The fraction of sp³-hybridized carbons (Fsp3) is 0.875. The lowest BCUT2D eigenvalue weighted by Crippen LogP contribution is -2.38. The van der Waals surface area contributed by atoms with Gasteiger partial charge in [-0.05, 0) is 22.7 Å². The SMILES string of the molecule is CC(C)(C)C1C(=O)OC(=O)C1CC(C)(C)C(C)(C)C. The monoisotopic (exact) mass is 268 g/mol. The van der Waals surface area contributed by atoms with E-state index in [1.807, 2.05) is 20.8 Å². The lowest BCUT2D eigenvalue weighted by Gasteiger charge is -2.41.